The highest BCUT2D eigenvalue weighted by Crippen LogP contribution is 2.33. The molecule has 0 bridgehead atoms. The SMILES string of the molecule is CNC(=O)[C@@H](C)N(Cc1ccccc1F)C(=O)CN(c1cc(Cl)ccc1OC)S(C)(=O)=O. The minimum Gasteiger partial charge on any atom is -0.495 e. The van der Waals surface area contributed by atoms with Crippen molar-refractivity contribution in [3.63, 3.8) is 0 Å². The number of methoxy groups -OCH3 is 1. The van der Waals surface area contributed by atoms with Gasteiger partial charge in [0.15, 0.2) is 0 Å². The molecule has 174 valence electrons. The highest BCUT2D eigenvalue weighted by molar-refractivity contribution is 7.92. The quantitative estimate of drug-likeness (QED) is 0.588. The number of anilines is 1. The predicted molar refractivity (Wildman–Crippen MR) is 121 cm³/mol. The number of sulfonamides is 1. The third kappa shape index (κ3) is 6.10. The van der Waals surface area contributed by atoms with Crippen LogP contribution >= 0.6 is 11.6 Å². The second-order valence-corrected chi connectivity index (χ2v) is 9.33. The Bertz CT molecular complexity index is 1100. The number of carbonyl (C=O) groups excluding carboxylic acids is 2. The summed E-state index contributed by atoms with van der Waals surface area (Å²) in [5.74, 6) is -1.56. The number of amides is 2. The molecule has 0 aliphatic heterocycles. The summed E-state index contributed by atoms with van der Waals surface area (Å²) in [5.41, 5.74) is 0.247. The standard InChI is InChI=1S/C21H25ClFN3O5S/c1-14(21(28)24-2)25(12-15-7-5-6-8-17(15)23)20(27)13-26(32(4,29)30)18-11-16(22)9-10-19(18)31-3/h5-11,14H,12-13H2,1-4H3,(H,24,28)/t14-/m1/s1. The molecule has 1 N–H and O–H groups in total. The van der Waals surface area contributed by atoms with Crippen LogP contribution in [-0.2, 0) is 26.2 Å². The van der Waals surface area contributed by atoms with Gasteiger partial charge in [-0.15, -0.1) is 0 Å². The van der Waals surface area contributed by atoms with Crippen molar-refractivity contribution in [1.29, 1.82) is 0 Å². The number of nitrogens with one attached hydrogen (secondary N) is 1. The normalized spacial score (nSPS) is 12.1. The van der Waals surface area contributed by atoms with Gasteiger partial charge in [0.2, 0.25) is 21.8 Å². The zero-order chi connectivity index (χ0) is 24.1. The van der Waals surface area contributed by atoms with Crippen molar-refractivity contribution in [2.75, 3.05) is 31.3 Å². The Morgan fingerprint density at radius 2 is 1.88 bits per heavy atom. The molecule has 0 fully saturated rings. The van der Waals surface area contributed by atoms with Crippen LogP contribution < -0.4 is 14.4 Å². The van der Waals surface area contributed by atoms with Crippen molar-refractivity contribution in [3.8, 4) is 5.75 Å². The number of hydrogen-bond donors (Lipinski definition) is 1. The van der Waals surface area contributed by atoms with Crippen LogP contribution in [0.25, 0.3) is 0 Å². The molecule has 2 rings (SSSR count). The number of hydrogen-bond acceptors (Lipinski definition) is 5. The van der Waals surface area contributed by atoms with Gasteiger partial charge in [0.05, 0.1) is 19.1 Å². The van der Waals surface area contributed by atoms with E-state index in [0.717, 1.165) is 15.5 Å². The first-order valence-electron chi connectivity index (χ1n) is 9.55. The van der Waals surface area contributed by atoms with Crippen LogP contribution in [0, 0.1) is 5.82 Å². The van der Waals surface area contributed by atoms with E-state index in [1.807, 2.05) is 0 Å². The smallest absolute Gasteiger partial charge is 0.244 e. The second kappa shape index (κ2) is 10.6. The van der Waals surface area contributed by atoms with Crippen LogP contribution in [0.3, 0.4) is 0 Å². The summed E-state index contributed by atoms with van der Waals surface area (Å²) in [6, 6.07) is 9.19. The third-order valence-electron chi connectivity index (χ3n) is 4.80. The van der Waals surface area contributed by atoms with E-state index in [4.69, 9.17) is 16.3 Å². The molecule has 0 aromatic heterocycles. The van der Waals surface area contributed by atoms with Crippen LogP contribution in [0.15, 0.2) is 42.5 Å². The average Bonchev–Trinajstić information content (AvgIpc) is 2.74. The molecule has 1 atom stereocenters. The molecule has 11 heteroatoms. The van der Waals surface area contributed by atoms with Gasteiger partial charge in [-0.25, -0.2) is 12.8 Å². The van der Waals surface area contributed by atoms with Crippen molar-refractivity contribution >= 4 is 39.1 Å². The number of ether oxygens (including phenoxy) is 1. The molecule has 0 heterocycles. The molecule has 2 aromatic rings. The summed E-state index contributed by atoms with van der Waals surface area (Å²) in [5, 5.41) is 2.69. The van der Waals surface area contributed by atoms with Gasteiger partial charge in [-0.3, -0.25) is 13.9 Å². The largest absolute Gasteiger partial charge is 0.495 e. The lowest BCUT2D eigenvalue weighted by Crippen LogP contribution is -2.50. The number of nitrogens with zero attached hydrogens (tertiary/aromatic N) is 2. The Morgan fingerprint density at radius 3 is 2.44 bits per heavy atom. The van der Waals surface area contributed by atoms with E-state index < -0.39 is 40.2 Å². The van der Waals surface area contributed by atoms with E-state index in [2.05, 4.69) is 5.32 Å². The fourth-order valence-corrected chi connectivity index (χ4v) is 4.07. The summed E-state index contributed by atoms with van der Waals surface area (Å²) >= 11 is 6.04. The molecule has 0 radical (unpaired) electrons. The Labute approximate surface area is 192 Å². The fraction of sp³-hybridized carbons (Fsp3) is 0.333. The van der Waals surface area contributed by atoms with Crippen LogP contribution in [-0.4, -0.2) is 58.1 Å². The van der Waals surface area contributed by atoms with Gasteiger partial charge in [0.1, 0.15) is 24.2 Å². The summed E-state index contributed by atoms with van der Waals surface area (Å²) < 4.78 is 45.4. The first-order valence-corrected chi connectivity index (χ1v) is 11.8. The summed E-state index contributed by atoms with van der Waals surface area (Å²) in [4.78, 5) is 26.7. The molecule has 0 saturated heterocycles. The van der Waals surface area contributed by atoms with Crippen LogP contribution in [0.1, 0.15) is 12.5 Å². The second-order valence-electron chi connectivity index (χ2n) is 6.99. The van der Waals surface area contributed by atoms with Crippen molar-refractivity contribution < 1.29 is 27.1 Å². The summed E-state index contributed by atoms with van der Waals surface area (Å²) in [6.07, 6.45) is 0.935. The molecule has 0 aliphatic carbocycles. The van der Waals surface area contributed by atoms with Crippen LogP contribution in [0.4, 0.5) is 10.1 Å². The van der Waals surface area contributed by atoms with E-state index in [-0.39, 0.29) is 28.6 Å². The molecule has 2 amide bonds. The van der Waals surface area contributed by atoms with Crippen molar-refractivity contribution in [1.82, 2.24) is 10.2 Å². The Balaban J connectivity index is 2.47. The predicted octanol–water partition coefficient (Wildman–Crippen LogP) is 2.42. The molecular formula is C21H25ClFN3O5S. The lowest BCUT2D eigenvalue weighted by atomic mass is 10.1. The lowest BCUT2D eigenvalue weighted by molar-refractivity contribution is -0.139. The summed E-state index contributed by atoms with van der Waals surface area (Å²) in [7, 11) is -1.19. The third-order valence-corrected chi connectivity index (χ3v) is 6.16. The van der Waals surface area contributed by atoms with Crippen molar-refractivity contribution in [2.45, 2.75) is 19.5 Å². The van der Waals surface area contributed by atoms with Gasteiger partial charge < -0.3 is 15.0 Å². The minimum atomic E-state index is -3.96. The maximum Gasteiger partial charge on any atom is 0.244 e. The maximum atomic E-state index is 14.2. The molecule has 8 nitrogen and oxygen atoms in total. The monoisotopic (exact) mass is 485 g/mol. The highest BCUT2D eigenvalue weighted by Gasteiger charge is 2.31. The van der Waals surface area contributed by atoms with Gasteiger partial charge in [-0.05, 0) is 31.2 Å². The van der Waals surface area contributed by atoms with Crippen LogP contribution in [0.2, 0.25) is 5.02 Å². The van der Waals surface area contributed by atoms with Gasteiger partial charge in [0, 0.05) is 24.2 Å². The molecular weight excluding hydrogens is 461 g/mol. The van der Waals surface area contributed by atoms with E-state index >= 15 is 0 Å². The van der Waals surface area contributed by atoms with Crippen LogP contribution in [0.5, 0.6) is 5.75 Å². The molecule has 0 saturated carbocycles. The fourth-order valence-electron chi connectivity index (χ4n) is 3.05. The molecule has 32 heavy (non-hydrogen) atoms. The molecule has 0 aliphatic rings. The first-order chi connectivity index (χ1) is 15.0. The molecule has 0 spiro atoms. The van der Waals surface area contributed by atoms with E-state index in [1.165, 1.54) is 57.5 Å². The van der Waals surface area contributed by atoms with Crippen molar-refractivity contribution in [3.05, 3.63) is 58.9 Å². The molecule has 0 unspecified atom stereocenters. The van der Waals surface area contributed by atoms with Gasteiger partial charge in [0.25, 0.3) is 0 Å². The Hall–Kier alpha value is -2.85. The number of carbonyl (C=O) groups is 2. The number of benzene rings is 2. The Morgan fingerprint density at radius 1 is 1.22 bits per heavy atom. The van der Waals surface area contributed by atoms with Gasteiger partial charge in [-0.2, -0.15) is 0 Å². The zero-order valence-electron chi connectivity index (χ0n) is 18.1. The zero-order valence-corrected chi connectivity index (χ0v) is 19.7. The number of likely N-dealkylation sites (N-methyl/N-ethyl adjacent to an activating group) is 1. The highest BCUT2D eigenvalue weighted by atomic mass is 35.5. The minimum absolute atomic E-state index is 0.0642. The topological polar surface area (TPSA) is 96.0 Å². The van der Waals surface area contributed by atoms with E-state index in [1.54, 1.807) is 6.07 Å². The van der Waals surface area contributed by atoms with Gasteiger partial charge in [-0.1, -0.05) is 29.8 Å². The Kier molecular flexibility index (Phi) is 8.45. The number of rotatable bonds is 9. The summed E-state index contributed by atoms with van der Waals surface area (Å²) in [6.45, 7) is 0.595. The number of halogens is 2. The average molecular weight is 486 g/mol. The first kappa shape index (κ1) is 25.4. The lowest BCUT2D eigenvalue weighted by Gasteiger charge is -2.31. The maximum absolute atomic E-state index is 14.2. The van der Waals surface area contributed by atoms with Gasteiger partial charge >= 0.3 is 0 Å². The van der Waals surface area contributed by atoms with E-state index in [9.17, 15) is 22.4 Å². The van der Waals surface area contributed by atoms with Crippen molar-refractivity contribution in [2.24, 2.45) is 0 Å². The van der Waals surface area contributed by atoms with E-state index in [0.29, 0.717) is 0 Å². The molecule has 2 aromatic carbocycles.